The van der Waals surface area contributed by atoms with Gasteiger partial charge in [-0.05, 0) is 54.1 Å². The number of hydroxylamine groups is 1. The van der Waals surface area contributed by atoms with E-state index in [9.17, 15) is 4.79 Å². The minimum Gasteiger partial charge on any atom is -0.361 e. The lowest BCUT2D eigenvalue weighted by Gasteiger charge is -2.32. The third-order valence-electron chi connectivity index (χ3n) is 5.49. The van der Waals surface area contributed by atoms with Crippen LogP contribution in [0.2, 0.25) is 0 Å². The monoisotopic (exact) mass is 375 g/mol. The van der Waals surface area contributed by atoms with Gasteiger partial charge in [0.2, 0.25) is 0 Å². The molecule has 0 saturated carbocycles. The number of carbonyl (C=O) groups excluding carboxylic acids is 1. The Morgan fingerprint density at radius 2 is 2.04 bits per heavy atom. The molecule has 0 aliphatic carbocycles. The predicted molar refractivity (Wildman–Crippen MR) is 111 cm³/mol. The fourth-order valence-electron chi connectivity index (χ4n) is 4.09. The van der Waals surface area contributed by atoms with Gasteiger partial charge in [-0.1, -0.05) is 42.5 Å². The minimum absolute atomic E-state index is 0.527. The molecule has 1 aliphatic heterocycles. The number of likely N-dealkylation sites (tertiary alicyclic amines) is 1. The average molecular weight is 375 g/mol. The number of hydrogen-bond acceptors (Lipinski definition) is 3. The fraction of sp³-hybridized carbons (Fsp3) is 0.261. The van der Waals surface area contributed by atoms with E-state index >= 15 is 0 Å². The van der Waals surface area contributed by atoms with Crippen LogP contribution in [-0.4, -0.2) is 34.1 Å². The van der Waals surface area contributed by atoms with Gasteiger partial charge >= 0.3 is 0 Å². The zero-order valence-corrected chi connectivity index (χ0v) is 15.8. The summed E-state index contributed by atoms with van der Waals surface area (Å²) in [5.41, 5.74) is 6.44. The van der Waals surface area contributed by atoms with Crippen molar-refractivity contribution in [3.05, 3.63) is 77.5 Å². The van der Waals surface area contributed by atoms with Crippen LogP contribution in [0.1, 0.15) is 35.4 Å². The van der Waals surface area contributed by atoms with Gasteiger partial charge in [0.15, 0.2) is 0 Å². The van der Waals surface area contributed by atoms with E-state index in [1.807, 2.05) is 12.1 Å². The molecule has 3 N–H and O–H groups in total. The van der Waals surface area contributed by atoms with E-state index in [1.165, 1.54) is 40.9 Å². The number of rotatable bonds is 5. The predicted octanol–water partition coefficient (Wildman–Crippen LogP) is 4.07. The Morgan fingerprint density at radius 3 is 2.86 bits per heavy atom. The largest absolute Gasteiger partial charge is 0.361 e. The number of amides is 1. The Kier molecular flexibility index (Phi) is 5.55. The highest BCUT2D eigenvalue weighted by atomic mass is 16.5. The third-order valence-corrected chi connectivity index (χ3v) is 5.49. The summed E-state index contributed by atoms with van der Waals surface area (Å²) in [5.74, 6) is 0.0322. The van der Waals surface area contributed by atoms with Crippen molar-refractivity contribution in [2.75, 3.05) is 13.1 Å². The highest BCUT2D eigenvalue weighted by Crippen LogP contribution is 2.32. The van der Waals surface area contributed by atoms with Crippen LogP contribution < -0.4 is 5.48 Å². The normalized spacial score (nSPS) is 18.0. The Balaban J connectivity index is 1.41. The number of benzene rings is 2. The zero-order valence-electron chi connectivity index (χ0n) is 15.8. The van der Waals surface area contributed by atoms with Crippen molar-refractivity contribution in [3.8, 4) is 0 Å². The first-order chi connectivity index (χ1) is 13.7. The average Bonchev–Trinajstić information content (AvgIpc) is 3.17. The Hall–Kier alpha value is -2.89. The van der Waals surface area contributed by atoms with E-state index < -0.39 is 5.91 Å². The molecule has 1 amide bonds. The van der Waals surface area contributed by atoms with Crippen LogP contribution in [0.3, 0.4) is 0 Å². The summed E-state index contributed by atoms with van der Waals surface area (Å²) in [6, 6.07) is 16.7. The molecular weight excluding hydrogens is 350 g/mol. The molecule has 2 heterocycles. The first-order valence-electron chi connectivity index (χ1n) is 9.72. The summed E-state index contributed by atoms with van der Waals surface area (Å²) in [5, 5.41) is 9.87. The zero-order chi connectivity index (χ0) is 19.3. The van der Waals surface area contributed by atoms with Gasteiger partial charge in [-0.3, -0.25) is 14.9 Å². The van der Waals surface area contributed by atoms with Gasteiger partial charge in [0.05, 0.1) is 0 Å². The Labute approximate surface area is 164 Å². The lowest BCUT2D eigenvalue weighted by Crippen LogP contribution is -2.33. The number of nitrogens with zero attached hydrogens (tertiary/aromatic N) is 1. The molecule has 0 bridgehead atoms. The van der Waals surface area contributed by atoms with Crippen LogP contribution in [0.25, 0.3) is 17.0 Å². The minimum atomic E-state index is -0.527. The second-order valence-corrected chi connectivity index (χ2v) is 7.41. The van der Waals surface area contributed by atoms with Crippen LogP contribution >= 0.6 is 0 Å². The molecule has 5 nitrogen and oxygen atoms in total. The molecule has 1 fully saturated rings. The number of carbonyl (C=O) groups is 1. The number of hydrogen-bond donors (Lipinski definition) is 3. The second kappa shape index (κ2) is 8.42. The summed E-state index contributed by atoms with van der Waals surface area (Å²) in [6.45, 7) is 3.12. The topological polar surface area (TPSA) is 68.4 Å². The number of nitrogens with one attached hydrogen (secondary N) is 2. The number of piperidine rings is 1. The molecule has 28 heavy (non-hydrogen) atoms. The fourth-order valence-corrected chi connectivity index (χ4v) is 4.09. The highest BCUT2D eigenvalue weighted by molar-refractivity contribution is 5.90. The van der Waals surface area contributed by atoms with Crippen molar-refractivity contribution < 1.29 is 10.0 Å². The Morgan fingerprint density at radius 1 is 1.21 bits per heavy atom. The lowest BCUT2D eigenvalue weighted by molar-refractivity contribution is -0.124. The second-order valence-electron chi connectivity index (χ2n) is 7.41. The summed E-state index contributed by atoms with van der Waals surface area (Å²) in [4.78, 5) is 17.0. The van der Waals surface area contributed by atoms with E-state index in [4.69, 9.17) is 5.21 Å². The van der Waals surface area contributed by atoms with Crippen molar-refractivity contribution in [1.82, 2.24) is 15.4 Å². The van der Waals surface area contributed by atoms with Crippen molar-refractivity contribution in [3.63, 3.8) is 0 Å². The van der Waals surface area contributed by atoms with Crippen LogP contribution in [0.5, 0.6) is 0 Å². The van der Waals surface area contributed by atoms with Gasteiger partial charge in [-0.15, -0.1) is 0 Å². The Bertz CT molecular complexity index is 975. The van der Waals surface area contributed by atoms with E-state index in [0.717, 1.165) is 25.2 Å². The first-order valence-corrected chi connectivity index (χ1v) is 9.72. The molecule has 0 spiro atoms. The SMILES string of the molecule is O=C(C=Cc1ccc(CN2CCCC(c3c[nH]c4ccccc34)C2)cc1)NO. The molecule has 5 heteroatoms. The number of H-pyrrole nitrogens is 1. The maximum Gasteiger partial charge on any atom is 0.267 e. The molecule has 4 rings (SSSR count). The van der Waals surface area contributed by atoms with Gasteiger partial charge < -0.3 is 4.98 Å². The smallest absolute Gasteiger partial charge is 0.267 e. The van der Waals surface area contributed by atoms with Gasteiger partial charge in [0.25, 0.3) is 5.91 Å². The van der Waals surface area contributed by atoms with Gasteiger partial charge in [-0.2, -0.15) is 0 Å². The van der Waals surface area contributed by atoms with Gasteiger partial charge in [0, 0.05) is 36.3 Å². The van der Waals surface area contributed by atoms with Crippen LogP contribution in [0, 0.1) is 0 Å². The molecule has 144 valence electrons. The van der Waals surface area contributed by atoms with Crippen molar-refractivity contribution in [2.45, 2.75) is 25.3 Å². The summed E-state index contributed by atoms with van der Waals surface area (Å²) in [6.07, 6.45) is 7.62. The molecule has 1 aliphatic rings. The number of fused-ring (bicyclic) bond motifs is 1. The number of aromatic nitrogens is 1. The van der Waals surface area contributed by atoms with Crippen molar-refractivity contribution >= 4 is 22.9 Å². The summed E-state index contributed by atoms with van der Waals surface area (Å²) in [7, 11) is 0. The van der Waals surface area contributed by atoms with E-state index in [0.29, 0.717) is 5.92 Å². The molecule has 0 radical (unpaired) electrons. The number of para-hydroxylation sites is 1. The first kappa shape index (κ1) is 18.5. The van der Waals surface area contributed by atoms with Crippen molar-refractivity contribution in [1.29, 1.82) is 0 Å². The van der Waals surface area contributed by atoms with Crippen LogP contribution in [0.4, 0.5) is 0 Å². The summed E-state index contributed by atoms with van der Waals surface area (Å²) >= 11 is 0. The van der Waals surface area contributed by atoms with Gasteiger partial charge in [0.1, 0.15) is 0 Å². The van der Waals surface area contributed by atoms with E-state index in [2.05, 4.69) is 52.5 Å². The maximum absolute atomic E-state index is 11.1. The molecule has 1 atom stereocenters. The molecule has 2 aromatic carbocycles. The van der Waals surface area contributed by atoms with Crippen molar-refractivity contribution in [2.24, 2.45) is 0 Å². The molecule has 3 aromatic rings. The third kappa shape index (κ3) is 4.16. The maximum atomic E-state index is 11.1. The lowest BCUT2D eigenvalue weighted by atomic mass is 9.90. The van der Waals surface area contributed by atoms with E-state index in [-0.39, 0.29) is 0 Å². The standard InChI is InChI=1S/C23H25N3O2/c27-23(25-28)12-11-17-7-9-18(10-8-17)15-26-13-3-4-19(16-26)21-14-24-22-6-2-1-5-20(21)22/h1-2,5-12,14,19,24,28H,3-4,13,15-16H2,(H,25,27). The molecule has 1 unspecified atom stereocenters. The van der Waals surface area contributed by atoms with E-state index in [1.54, 1.807) is 11.6 Å². The highest BCUT2D eigenvalue weighted by Gasteiger charge is 2.23. The molecule has 1 saturated heterocycles. The van der Waals surface area contributed by atoms with Crippen LogP contribution in [-0.2, 0) is 11.3 Å². The molecular formula is C23H25N3O2. The summed E-state index contributed by atoms with van der Waals surface area (Å²) < 4.78 is 0. The van der Waals surface area contributed by atoms with Crippen LogP contribution in [0.15, 0.2) is 60.8 Å². The van der Waals surface area contributed by atoms with Gasteiger partial charge in [-0.25, -0.2) is 5.48 Å². The quantitative estimate of drug-likeness (QED) is 0.358. The molecule has 1 aromatic heterocycles. The number of aromatic amines is 1.